The molecule has 1 aromatic heterocycles. The molecule has 0 radical (unpaired) electrons. The van der Waals surface area contributed by atoms with Crippen LogP contribution in [0.15, 0.2) is 30.5 Å². The second-order valence-corrected chi connectivity index (χ2v) is 10.1. The van der Waals surface area contributed by atoms with Crippen LogP contribution < -0.4 is 25.4 Å². The van der Waals surface area contributed by atoms with Gasteiger partial charge < -0.3 is 30.0 Å². The summed E-state index contributed by atoms with van der Waals surface area (Å²) in [5.41, 5.74) is 8.27. The van der Waals surface area contributed by atoms with Crippen LogP contribution in [-0.4, -0.2) is 50.0 Å². The lowest BCUT2D eigenvalue weighted by Crippen LogP contribution is -2.21. The molecule has 0 aliphatic carbocycles. The summed E-state index contributed by atoms with van der Waals surface area (Å²) < 4.78 is 12.9. The van der Waals surface area contributed by atoms with Crippen molar-refractivity contribution >= 4 is 39.9 Å². The average Bonchev–Trinajstić information content (AvgIpc) is 3.11. The second-order valence-electron chi connectivity index (χ2n) is 10.1. The summed E-state index contributed by atoms with van der Waals surface area (Å²) in [5, 5.41) is 4.03. The molecule has 0 spiro atoms. The van der Waals surface area contributed by atoms with Gasteiger partial charge in [-0.2, -0.15) is 0 Å². The molecule has 3 rings (SSSR count). The summed E-state index contributed by atoms with van der Waals surface area (Å²) in [6, 6.07) is 6.96. The normalized spacial score (nSPS) is 11.4. The van der Waals surface area contributed by atoms with Gasteiger partial charge in [-0.25, -0.2) is 0 Å². The number of carbonyl (C=O) groups is 3. The van der Waals surface area contributed by atoms with E-state index >= 15 is 0 Å². The molecule has 3 aromatic rings. The van der Waals surface area contributed by atoms with E-state index in [0.29, 0.717) is 46.1 Å². The lowest BCUT2D eigenvalue weighted by Gasteiger charge is -2.27. The van der Waals surface area contributed by atoms with Gasteiger partial charge in [0.05, 0.1) is 24.4 Å². The zero-order chi connectivity index (χ0) is 27.7. The predicted molar refractivity (Wildman–Crippen MR) is 146 cm³/mol. The van der Waals surface area contributed by atoms with Gasteiger partial charge in [-0.3, -0.25) is 14.4 Å². The van der Waals surface area contributed by atoms with E-state index in [2.05, 4.69) is 5.32 Å². The molecule has 3 N–H and O–H groups in total. The lowest BCUT2D eigenvalue weighted by molar-refractivity contribution is -0.131. The van der Waals surface area contributed by atoms with Crippen LogP contribution in [0.1, 0.15) is 60.9 Å². The summed E-state index contributed by atoms with van der Waals surface area (Å²) in [6.45, 7) is 9.59. The summed E-state index contributed by atoms with van der Waals surface area (Å²) in [4.78, 5) is 39.6. The first-order valence-electron chi connectivity index (χ1n) is 12.1. The minimum absolute atomic E-state index is 0.0108. The number of ether oxygens (including phenoxy) is 2. The molecule has 37 heavy (non-hydrogen) atoms. The molecule has 9 nitrogen and oxygen atoms in total. The molecule has 0 bridgehead atoms. The highest BCUT2D eigenvalue weighted by atomic mass is 16.5. The van der Waals surface area contributed by atoms with Crippen LogP contribution in [0.2, 0.25) is 0 Å². The van der Waals surface area contributed by atoms with Gasteiger partial charge in [0.2, 0.25) is 0 Å². The molecule has 0 aliphatic rings. The lowest BCUT2D eigenvalue weighted by atomic mass is 9.84. The number of esters is 1. The smallest absolute Gasteiger partial charge is 0.308 e. The molecule has 0 atom stereocenters. The number of anilines is 2. The molecule has 0 unspecified atom stereocenters. The van der Waals surface area contributed by atoms with Gasteiger partial charge >= 0.3 is 5.97 Å². The Hall–Kier alpha value is -4.01. The maximum absolute atomic E-state index is 13.5. The maximum Gasteiger partial charge on any atom is 0.308 e. The Bertz CT molecular complexity index is 1370. The first-order valence-corrected chi connectivity index (χ1v) is 12.1. The number of benzene rings is 2. The number of nitrogen functional groups attached to an aromatic ring is 1. The van der Waals surface area contributed by atoms with Crippen molar-refractivity contribution in [3.05, 3.63) is 47.2 Å². The van der Waals surface area contributed by atoms with E-state index in [1.165, 1.54) is 6.92 Å². The number of hydrogen-bond acceptors (Lipinski definition) is 7. The predicted octanol–water partition coefficient (Wildman–Crippen LogP) is 4.15. The molecule has 1 amide bonds. The van der Waals surface area contributed by atoms with Gasteiger partial charge in [0.1, 0.15) is 11.6 Å². The van der Waals surface area contributed by atoms with Gasteiger partial charge in [-0.05, 0) is 36.6 Å². The fourth-order valence-electron chi connectivity index (χ4n) is 4.19. The molecule has 0 saturated heterocycles. The fourth-order valence-corrected chi connectivity index (χ4v) is 4.19. The highest BCUT2D eigenvalue weighted by Gasteiger charge is 2.27. The van der Waals surface area contributed by atoms with Crippen LogP contribution in [0.4, 0.5) is 11.5 Å². The summed E-state index contributed by atoms with van der Waals surface area (Å²) >= 11 is 0. The standard InChI is InChI=1S/C28H36N4O5/c1-9-36-24-12-18-14-32(26(29)19(18)13-20(24)27(35)30-6)15-23(34)17-10-21(28(3,4)5)25(37-16(2)33)22(11-17)31(7)8/h10-14H,9,15,29H2,1-8H3,(H,30,35). The quantitative estimate of drug-likeness (QED) is 0.267. The molecule has 0 aliphatic heterocycles. The van der Waals surface area contributed by atoms with Crippen LogP contribution in [0, 0.1) is 0 Å². The van der Waals surface area contributed by atoms with E-state index in [4.69, 9.17) is 15.2 Å². The third kappa shape index (κ3) is 5.71. The van der Waals surface area contributed by atoms with E-state index < -0.39 is 5.97 Å². The number of nitrogens with two attached hydrogens (primary N) is 1. The molecular formula is C28H36N4O5. The Morgan fingerprint density at radius 1 is 1.11 bits per heavy atom. The molecule has 1 heterocycles. The monoisotopic (exact) mass is 508 g/mol. The van der Waals surface area contributed by atoms with Crippen molar-refractivity contribution in [1.29, 1.82) is 0 Å². The minimum Gasteiger partial charge on any atom is -0.493 e. The number of fused-ring (bicyclic) bond motifs is 1. The third-order valence-electron chi connectivity index (χ3n) is 6.04. The van der Waals surface area contributed by atoms with Crippen molar-refractivity contribution in [1.82, 2.24) is 9.88 Å². The number of amides is 1. The second kappa shape index (κ2) is 10.5. The van der Waals surface area contributed by atoms with E-state index in [-0.39, 0.29) is 23.7 Å². The van der Waals surface area contributed by atoms with Crippen molar-refractivity contribution in [3.8, 4) is 11.5 Å². The number of ketones is 1. The van der Waals surface area contributed by atoms with Crippen molar-refractivity contribution in [2.75, 3.05) is 38.4 Å². The molecule has 0 fully saturated rings. The fraction of sp³-hybridized carbons (Fsp3) is 0.393. The van der Waals surface area contributed by atoms with Gasteiger partial charge in [0.15, 0.2) is 11.5 Å². The molecule has 9 heteroatoms. The highest BCUT2D eigenvalue weighted by molar-refractivity contribution is 6.05. The third-order valence-corrected chi connectivity index (χ3v) is 6.04. The van der Waals surface area contributed by atoms with E-state index in [1.807, 2.05) is 46.7 Å². The first-order chi connectivity index (χ1) is 17.3. The van der Waals surface area contributed by atoms with Gasteiger partial charge in [0, 0.05) is 56.2 Å². The summed E-state index contributed by atoms with van der Waals surface area (Å²) in [5.74, 6) is 0.389. The van der Waals surface area contributed by atoms with E-state index in [9.17, 15) is 14.4 Å². The van der Waals surface area contributed by atoms with E-state index in [1.54, 1.807) is 42.1 Å². The summed E-state index contributed by atoms with van der Waals surface area (Å²) in [7, 11) is 5.22. The van der Waals surface area contributed by atoms with Crippen LogP contribution in [-0.2, 0) is 16.8 Å². The molecule has 198 valence electrons. The van der Waals surface area contributed by atoms with Crippen molar-refractivity contribution in [2.24, 2.45) is 0 Å². The SMILES string of the molecule is CCOc1cc2cn(CC(=O)c3cc(N(C)C)c(OC(C)=O)c(C(C)(C)C)c3)c(N)c2cc1C(=O)NC. The van der Waals surface area contributed by atoms with Crippen LogP contribution in [0.5, 0.6) is 11.5 Å². The Labute approximate surface area is 217 Å². The Morgan fingerprint density at radius 3 is 2.32 bits per heavy atom. The van der Waals surface area contributed by atoms with Crippen molar-refractivity contribution < 1.29 is 23.9 Å². The zero-order valence-electron chi connectivity index (χ0n) is 22.8. The molecule has 0 saturated carbocycles. The van der Waals surface area contributed by atoms with Crippen molar-refractivity contribution in [2.45, 2.75) is 46.6 Å². The van der Waals surface area contributed by atoms with Crippen LogP contribution in [0.3, 0.4) is 0 Å². The Kier molecular flexibility index (Phi) is 7.86. The van der Waals surface area contributed by atoms with Gasteiger partial charge in [0.25, 0.3) is 5.91 Å². The number of nitrogens with one attached hydrogen (secondary N) is 1. The first kappa shape index (κ1) is 27.6. The van der Waals surface area contributed by atoms with Crippen LogP contribution >= 0.6 is 0 Å². The number of rotatable bonds is 8. The number of aromatic nitrogens is 1. The number of carbonyl (C=O) groups excluding carboxylic acids is 3. The number of Topliss-reactive ketones (excluding diaryl/α,β-unsaturated/α-hetero) is 1. The minimum atomic E-state index is -0.429. The van der Waals surface area contributed by atoms with Gasteiger partial charge in [-0.1, -0.05) is 20.8 Å². The molecule has 2 aromatic carbocycles. The molecular weight excluding hydrogens is 472 g/mol. The Balaban J connectivity index is 2.09. The van der Waals surface area contributed by atoms with Crippen molar-refractivity contribution in [3.63, 3.8) is 0 Å². The number of nitrogens with zero attached hydrogens (tertiary/aromatic N) is 2. The highest BCUT2D eigenvalue weighted by Crippen LogP contribution is 2.40. The van der Waals surface area contributed by atoms with E-state index in [0.717, 1.165) is 10.9 Å². The van der Waals surface area contributed by atoms with Crippen LogP contribution in [0.25, 0.3) is 10.8 Å². The van der Waals surface area contributed by atoms with Gasteiger partial charge in [-0.15, -0.1) is 0 Å². The largest absolute Gasteiger partial charge is 0.493 e. The zero-order valence-corrected chi connectivity index (χ0v) is 22.8. The average molecular weight is 509 g/mol. The maximum atomic E-state index is 13.5. The Morgan fingerprint density at radius 2 is 1.78 bits per heavy atom. The number of hydrogen-bond donors (Lipinski definition) is 2. The topological polar surface area (TPSA) is 116 Å². The summed E-state index contributed by atoms with van der Waals surface area (Å²) in [6.07, 6.45) is 1.78.